The average Bonchev–Trinajstić information content (AvgIpc) is 2.86. The van der Waals surface area contributed by atoms with Crippen LogP contribution in [-0.4, -0.2) is 28.2 Å². The van der Waals surface area contributed by atoms with Gasteiger partial charge < -0.3 is 9.30 Å². The number of methoxy groups -OCH3 is 1. The first kappa shape index (κ1) is 14.1. The van der Waals surface area contributed by atoms with Crippen LogP contribution in [0.1, 0.15) is 18.7 Å². The number of fused-ring (bicyclic) bond motifs is 1. The Labute approximate surface area is 128 Å². The summed E-state index contributed by atoms with van der Waals surface area (Å²) in [7, 11) is 1.69. The molecule has 0 saturated carbocycles. The molecule has 0 unspecified atom stereocenters. The summed E-state index contributed by atoms with van der Waals surface area (Å²) in [5, 5.41) is 0. The van der Waals surface area contributed by atoms with Crippen LogP contribution in [0.3, 0.4) is 0 Å². The Balaban J connectivity index is 1.99. The largest absolute Gasteiger partial charge is 0.494 e. The van der Waals surface area contributed by atoms with Gasteiger partial charge in [0.1, 0.15) is 17.1 Å². The van der Waals surface area contributed by atoms with E-state index in [-0.39, 0.29) is 0 Å². The predicted octanol–water partition coefficient (Wildman–Crippen LogP) is 3.93. The standard InChI is InChI=1S/C15H19ClN2OS/c1-19-13-4-2-3-12-15(13)17-14(9-16)18(12)10-11-5-7-20-8-6-11/h2-4,11H,5-10H2,1H3. The van der Waals surface area contributed by atoms with Crippen molar-refractivity contribution in [3.63, 3.8) is 0 Å². The van der Waals surface area contributed by atoms with Crippen LogP contribution >= 0.6 is 23.4 Å². The Morgan fingerprint density at radius 2 is 2.20 bits per heavy atom. The van der Waals surface area contributed by atoms with Gasteiger partial charge in [0.15, 0.2) is 0 Å². The fourth-order valence-corrected chi connectivity index (χ4v) is 4.24. The van der Waals surface area contributed by atoms with E-state index < -0.39 is 0 Å². The van der Waals surface area contributed by atoms with Gasteiger partial charge in [-0.25, -0.2) is 4.98 Å². The zero-order valence-corrected chi connectivity index (χ0v) is 13.2. The molecule has 0 N–H and O–H groups in total. The highest BCUT2D eigenvalue weighted by Crippen LogP contribution is 2.30. The molecule has 1 aromatic heterocycles. The number of hydrogen-bond acceptors (Lipinski definition) is 3. The quantitative estimate of drug-likeness (QED) is 0.801. The summed E-state index contributed by atoms with van der Waals surface area (Å²) in [6, 6.07) is 6.08. The average molecular weight is 311 g/mol. The molecule has 3 nitrogen and oxygen atoms in total. The van der Waals surface area contributed by atoms with Crippen LogP contribution in [-0.2, 0) is 12.4 Å². The van der Waals surface area contributed by atoms with Gasteiger partial charge in [-0.3, -0.25) is 0 Å². The number of imidazole rings is 1. The SMILES string of the molecule is COc1cccc2c1nc(CCl)n2CC1CCSCC1. The van der Waals surface area contributed by atoms with Crippen molar-refractivity contribution in [2.75, 3.05) is 18.6 Å². The first-order valence-corrected chi connectivity index (χ1v) is 8.68. The van der Waals surface area contributed by atoms with Crippen LogP contribution in [0.2, 0.25) is 0 Å². The maximum Gasteiger partial charge on any atom is 0.146 e. The zero-order chi connectivity index (χ0) is 13.9. The molecule has 0 radical (unpaired) electrons. The summed E-state index contributed by atoms with van der Waals surface area (Å²) >= 11 is 8.15. The van der Waals surface area contributed by atoms with E-state index in [2.05, 4.69) is 27.4 Å². The number of rotatable bonds is 4. The molecule has 20 heavy (non-hydrogen) atoms. The molecular formula is C15H19ClN2OS. The summed E-state index contributed by atoms with van der Waals surface area (Å²) in [4.78, 5) is 4.67. The van der Waals surface area contributed by atoms with Gasteiger partial charge in [-0.2, -0.15) is 11.8 Å². The minimum Gasteiger partial charge on any atom is -0.494 e. The fourth-order valence-electron chi connectivity index (χ4n) is 2.83. The van der Waals surface area contributed by atoms with Crippen molar-refractivity contribution >= 4 is 34.4 Å². The van der Waals surface area contributed by atoms with E-state index in [0.717, 1.165) is 35.1 Å². The van der Waals surface area contributed by atoms with E-state index in [9.17, 15) is 0 Å². The third kappa shape index (κ3) is 2.63. The van der Waals surface area contributed by atoms with Crippen molar-refractivity contribution in [3.8, 4) is 5.75 Å². The van der Waals surface area contributed by atoms with Crippen molar-refractivity contribution in [1.29, 1.82) is 0 Å². The number of aromatic nitrogens is 2. The van der Waals surface area contributed by atoms with Gasteiger partial charge in [-0.15, -0.1) is 11.6 Å². The van der Waals surface area contributed by atoms with E-state index in [1.807, 2.05) is 12.1 Å². The van der Waals surface area contributed by atoms with Crippen molar-refractivity contribution in [1.82, 2.24) is 9.55 Å². The Hall–Kier alpha value is -0.870. The fraction of sp³-hybridized carbons (Fsp3) is 0.533. The van der Waals surface area contributed by atoms with Crippen molar-refractivity contribution in [2.24, 2.45) is 5.92 Å². The number of benzene rings is 1. The Morgan fingerprint density at radius 3 is 2.90 bits per heavy atom. The van der Waals surface area contributed by atoms with Gasteiger partial charge in [-0.05, 0) is 42.4 Å². The maximum absolute atomic E-state index is 6.09. The second-order valence-electron chi connectivity index (χ2n) is 5.16. The smallest absolute Gasteiger partial charge is 0.146 e. The molecule has 0 spiro atoms. The van der Waals surface area contributed by atoms with Crippen molar-refractivity contribution in [3.05, 3.63) is 24.0 Å². The Bertz CT molecular complexity index is 593. The summed E-state index contributed by atoms with van der Waals surface area (Å²) in [6.07, 6.45) is 2.58. The molecule has 2 aromatic rings. The number of nitrogens with zero attached hydrogens (tertiary/aromatic N) is 2. The monoisotopic (exact) mass is 310 g/mol. The molecule has 108 valence electrons. The zero-order valence-electron chi connectivity index (χ0n) is 11.6. The molecule has 0 bridgehead atoms. The van der Waals surface area contributed by atoms with Crippen LogP contribution in [0.15, 0.2) is 18.2 Å². The third-order valence-corrected chi connectivity index (χ3v) is 5.23. The van der Waals surface area contributed by atoms with Gasteiger partial charge in [0.05, 0.1) is 18.5 Å². The normalized spacial score (nSPS) is 16.7. The van der Waals surface area contributed by atoms with E-state index in [4.69, 9.17) is 16.3 Å². The molecule has 1 saturated heterocycles. The van der Waals surface area contributed by atoms with Gasteiger partial charge in [0, 0.05) is 6.54 Å². The van der Waals surface area contributed by atoms with Gasteiger partial charge >= 0.3 is 0 Å². The van der Waals surface area contributed by atoms with Crippen LogP contribution in [0.5, 0.6) is 5.75 Å². The summed E-state index contributed by atoms with van der Waals surface area (Å²) < 4.78 is 7.69. The predicted molar refractivity (Wildman–Crippen MR) is 85.9 cm³/mol. The molecule has 0 amide bonds. The van der Waals surface area contributed by atoms with E-state index in [1.54, 1.807) is 7.11 Å². The van der Waals surface area contributed by atoms with Gasteiger partial charge in [0.25, 0.3) is 0 Å². The molecular weight excluding hydrogens is 292 g/mol. The Morgan fingerprint density at radius 1 is 1.40 bits per heavy atom. The number of para-hydroxylation sites is 1. The number of ether oxygens (including phenoxy) is 1. The highest BCUT2D eigenvalue weighted by atomic mass is 35.5. The molecule has 1 aliphatic heterocycles. The van der Waals surface area contributed by atoms with Crippen LogP contribution in [0.4, 0.5) is 0 Å². The summed E-state index contributed by atoms with van der Waals surface area (Å²) in [5.41, 5.74) is 2.06. The minimum absolute atomic E-state index is 0.444. The van der Waals surface area contributed by atoms with Crippen LogP contribution in [0, 0.1) is 5.92 Å². The maximum atomic E-state index is 6.09. The molecule has 5 heteroatoms. The highest BCUT2D eigenvalue weighted by molar-refractivity contribution is 7.99. The minimum atomic E-state index is 0.444. The first-order valence-electron chi connectivity index (χ1n) is 6.99. The molecule has 2 heterocycles. The number of halogens is 1. The Kier molecular flexibility index (Phi) is 4.41. The molecule has 1 fully saturated rings. The lowest BCUT2D eigenvalue weighted by atomic mass is 10.0. The number of hydrogen-bond donors (Lipinski definition) is 0. The second-order valence-corrected chi connectivity index (χ2v) is 6.65. The molecule has 1 aliphatic rings. The van der Waals surface area contributed by atoms with Crippen LogP contribution in [0.25, 0.3) is 11.0 Å². The van der Waals surface area contributed by atoms with E-state index in [0.29, 0.717) is 5.88 Å². The number of alkyl halides is 1. The highest BCUT2D eigenvalue weighted by Gasteiger charge is 2.19. The summed E-state index contributed by atoms with van der Waals surface area (Å²) in [5.74, 6) is 5.51. The molecule has 3 rings (SSSR count). The third-order valence-electron chi connectivity index (χ3n) is 3.94. The lowest BCUT2D eigenvalue weighted by molar-refractivity contribution is 0.416. The van der Waals surface area contributed by atoms with Crippen LogP contribution < -0.4 is 4.74 Å². The summed E-state index contributed by atoms with van der Waals surface area (Å²) in [6.45, 7) is 1.02. The molecule has 1 aromatic carbocycles. The second kappa shape index (κ2) is 6.27. The van der Waals surface area contributed by atoms with Crippen molar-refractivity contribution in [2.45, 2.75) is 25.3 Å². The lowest BCUT2D eigenvalue weighted by Crippen LogP contribution is -2.17. The molecule has 0 aliphatic carbocycles. The first-order chi connectivity index (χ1) is 9.83. The van der Waals surface area contributed by atoms with Crippen molar-refractivity contribution < 1.29 is 4.74 Å². The lowest BCUT2D eigenvalue weighted by Gasteiger charge is -2.22. The van der Waals surface area contributed by atoms with Gasteiger partial charge in [-0.1, -0.05) is 6.07 Å². The van der Waals surface area contributed by atoms with E-state index in [1.165, 1.54) is 24.3 Å². The molecule has 0 atom stereocenters. The van der Waals surface area contributed by atoms with E-state index >= 15 is 0 Å². The topological polar surface area (TPSA) is 27.1 Å². The van der Waals surface area contributed by atoms with Gasteiger partial charge in [0.2, 0.25) is 0 Å². The number of thioether (sulfide) groups is 1.